The van der Waals surface area contributed by atoms with Crippen molar-refractivity contribution in [2.24, 2.45) is 0 Å². The van der Waals surface area contributed by atoms with Gasteiger partial charge in [0.1, 0.15) is 0 Å². The molecule has 0 aliphatic heterocycles. The SMILES string of the molecule is C[CH2][Tl+][CH2]C.[Cl-]. The Bertz CT molecular complexity index is 15.0. The van der Waals surface area contributed by atoms with E-state index < -0.39 is 0 Å². The first-order chi connectivity index (χ1) is 2.41. The minimum Gasteiger partial charge on any atom is -1.00 e. The van der Waals surface area contributed by atoms with E-state index >= 15 is 0 Å². The molecule has 0 saturated heterocycles. The molecule has 0 aromatic carbocycles. The van der Waals surface area contributed by atoms with Crippen molar-refractivity contribution in [2.75, 3.05) is 0 Å². The molecule has 0 unspecified atom stereocenters. The van der Waals surface area contributed by atoms with Gasteiger partial charge in [-0.3, -0.25) is 0 Å². The summed E-state index contributed by atoms with van der Waals surface area (Å²) in [4.78, 5) is 0. The van der Waals surface area contributed by atoms with Gasteiger partial charge in [-0.15, -0.1) is 0 Å². The summed E-state index contributed by atoms with van der Waals surface area (Å²) in [7, 11) is 0. The van der Waals surface area contributed by atoms with E-state index in [1.807, 2.05) is 0 Å². The Labute approximate surface area is 58.3 Å². The summed E-state index contributed by atoms with van der Waals surface area (Å²) in [5.41, 5.74) is 0. The van der Waals surface area contributed by atoms with Crippen molar-refractivity contribution in [1.82, 2.24) is 0 Å². The molecule has 0 spiro atoms. The molecule has 0 amide bonds. The van der Waals surface area contributed by atoms with Gasteiger partial charge in [0.25, 0.3) is 0 Å². The third kappa shape index (κ3) is 8.96. The van der Waals surface area contributed by atoms with Crippen LogP contribution in [-0.4, -0.2) is 24.2 Å². The molecule has 0 atom stereocenters. The third-order valence-electron chi connectivity index (χ3n) is 0.577. The molecule has 0 rings (SSSR count). The summed E-state index contributed by atoms with van der Waals surface area (Å²) in [5, 5.41) is 0. The van der Waals surface area contributed by atoms with Crippen molar-refractivity contribution in [3.8, 4) is 0 Å². The minimum atomic E-state index is -0.0463. The Balaban J connectivity index is 0. The van der Waals surface area contributed by atoms with Crippen molar-refractivity contribution >= 4 is 24.2 Å². The fourth-order valence-corrected chi connectivity index (χ4v) is 2.53. The molecule has 0 heterocycles. The van der Waals surface area contributed by atoms with E-state index in [0.29, 0.717) is 0 Å². The first-order valence-electron chi connectivity index (χ1n) is 2.23. The van der Waals surface area contributed by atoms with Crippen LogP contribution >= 0.6 is 0 Å². The maximum atomic E-state index is 2.30. The summed E-state index contributed by atoms with van der Waals surface area (Å²) in [6.45, 7) is 4.61. The first kappa shape index (κ1) is 10.2. The zero-order chi connectivity index (χ0) is 4.12. The summed E-state index contributed by atoms with van der Waals surface area (Å²) in [5.74, 6) is 0. The van der Waals surface area contributed by atoms with Crippen molar-refractivity contribution in [1.29, 1.82) is 0 Å². The van der Waals surface area contributed by atoms with E-state index in [1.165, 1.54) is 0 Å². The predicted molar refractivity (Wildman–Crippen MR) is 26.7 cm³/mol. The molecule has 0 N–H and O–H groups in total. The van der Waals surface area contributed by atoms with Crippen molar-refractivity contribution in [2.45, 2.75) is 21.8 Å². The Hall–Kier alpha value is 1.21. The van der Waals surface area contributed by atoms with Gasteiger partial charge < -0.3 is 12.4 Å². The molecule has 0 aliphatic rings. The van der Waals surface area contributed by atoms with Gasteiger partial charge >= 0.3 is 46.0 Å². The van der Waals surface area contributed by atoms with Crippen LogP contribution in [0, 0.1) is 0 Å². The average molecular weight is 298 g/mol. The quantitative estimate of drug-likeness (QED) is 0.549. The van der Waals surface area contributed by atoms with Crippen LogP contribution in [0.1, 0.15) is 13.8 Å². The molecule has 0 bridgehead atoms. The summed E-state index contributed by atoms with van der Waals surface area (Å²) in [6.07, 6.45) is 0. The fraction of sp³-hybridized carbons (Fsp3) is 1.00. The van der Waals surface area contributed by atoms with Crippen molar-refractivity contribution < 1.29 is 12.4 Å². The normalized spacial score (nSPS) is 5.67. The fourth-order valence-electron chi connectivity index (χ4n) is 0.289. The van der Waals surface area contributed by atoms with E-state index in [4.69, 9.17) is 0 Å². The maximum Gasteiger partial charge on any atom is -1.00 e. The number of hydrogen-bond donors (Lipinski definition) is 0. The zero-order valence-electron chi connectivity index (χ0n) is 4.37. The topological polar surface area (TPSA) is 0 Å². The van der Waals surface area contributed by atoms with E-state index in [0.717, 1.165) is 0 Å². The molecule has 0 aliphatic carbocycles. The molecule has 2 heteroatoms. The molecule has 0 saturated carbocycles. The van der Waals surface area contributed by atoms with E-state index in [-0.39, 0.29) is 36.6 Å². The minimum absolute atomic E-state index is 0. The van der Waals surface area contributed by atoms with Crippen molar-refractivity contribution in [3.63, 3.8) is 0 Å². The summed E-state index contributed by atoms with van der Waals surface area (Å²) < 4.78 is 3.10. The molecule has 0 aromatic heterocycles. The second-order valence-corrected chi connectivity index (χ2v) is 9.70. The summed E-state index contributed by atoms with van der Waals surface area (Å²) >= 11 is -0.0463. The average Bonchev–Trinajstić information content (AvgIpc) is 1.41. The van der Waals surface area contributed by atoms with E-state index in [9.17, 15) is 0 Å². The van der Waals surface area contributed by atoms with Crippen LogP contribution in [0.2, 0.25) is 7.96 Å². The molecule has 36 valence electrons. The Morgan fingerprint density at radius 1 is 1.17 bits per heavy atom. The number of hydrogen-bond acceptors (Lipinski definition) is 0. The molecule has 0 radical (unpaired) electrons. The molecular formula is C4H10ClTl. The van der Waals surface area contributed by atoms with Crippen LogP contribution in [0.25, 0.3) is 0 Å². The molecule has 6 heavy (non-hydrogen) atoms. The van der Waals surface area contributed by atoms with Gasteiger partial charge in [0.05, 0.1) is 0 Å². The van der Waals surface area contributed by atoms with E-state index in [1.54, 1.807) is 7.96 Å². The molecule has 0 fully saturated rings. The van der Waals surface area contributed by atoms with E-state index in [2.05, 4.69) is 13.8 Å². The molecule has 0 nitrogen and oxygen atoms in total. The first-order valence-corrected chi connectivity index (χ1v) is 8.58. The van der Waals surface area contributed by atoms with Crippen LogP contribution in [0.5, 0.6) is 0 Å². The van der Waals surface area contributed by atoms with Gasteiger partial charge in [-0.2, -0.15) is 0 Å². The van der Waals surface area contributed by atoms with Crippen LogP contribution < -0.4 is 12.4 Å². The van der Waals surface area contributed by atoms with Gasteiger partial charge in [-0.05, 0) is 0 Å². The zero-order valence-corrected chi connectivity index (χ0v) is 9.61. The van der Waals surface area contributed by atoms with Gasteiger partial charge in [0.15, 0.2) is 0 Å². The van der Waals surface area contributed by atoms with Gasteiger partial charge in [0, 0.05) is 0 Å². The summed E-state index contributed by atoms with van der Waals surface area (Å²) in [6, 6.07) is 0. The maximum absolute atomic E-state index is 2.30. The number of halogens is 1. The third-order valence-corrected chi connectivity index (χ3v) is 5.07. The monoisotopic (exact) mass is 298 g/mol. The van der Waals surface area contributed by atoms with Crippen LogP contribution in [0.3, 0.4) is 0 Å². The Morgan fingerprint density at radius 2 is 1.50 bits per heavy atom. The van der Waals surface area contributed by atoms with Gasteiger partial charge in [-0.25, -0.2) is 0 Å². The second kappa shape index (κ2) is 9.51. The van der Waals surface area contributed by atoms with Crippen LogP contribution in [-0.2, 0) is 0 Å². The molecule has 0 aromatic rings. The number of rotatable bonds is 2. The van der Waals surface area contributed by atoms with Gasteiger partial charge in [0.2, 0.25) is 0 Å². The van der Waals surface area contributed by atoms with Gasteiger partial charge in [-0.1, -0.05) is 0 Å². The second-order valence-electron chi connectivity index (χ2n) is 1.11. The predicted octanol–water partition coefficient (Wildman–Crippen LogP) is -1.43. The standard InChI is InChI=1S/2C2H5.ClH.Tl/c2*1-2;;/h2*1H2,2H3;1H;/q;;;+1/p-1. The smallest absolute Gasteiger partial charge is 1.00 e. The van der Waals surface area contributed by atoms with Crippen molar-refractivity contribution in [3.05, 3.63) is 0 Å². The Kier molecular flexibility index (Phi) is 16.2. The molecular weight excluding hydrogens is 288 g/mol. The largest absolute Gasteiger partial charge is 1.00 e. The van der Waals surface area contributed by atoms with Crippen LogP contribution in [0.4, 0.5) is 0 Å². The van der Waals surface area contributed by atoms with Crippen LogP contribution in [0.15, 0.2) is 0 Å². The Morgan fingerprint density at radius 3 is 1.50 bits per heavy atom.